The zero-order valence-electron chi connectivity index (χ0n) is 13.7. The fraction of sp³-hybridized carbons (Fsp3) is 0.625. The molecule has 1 aliphatic heterocycles. The van der Waals surface area contributed by atoms with Crippen molar-refractivity contribution in [2.75, 3.05) is 39.2 Å². The highest BCUT2D eigenvalue weighted by atomic mass is 32.2. The largest absolute Gasteiger partial charge is 0.496 e. The molecule has 1 fully saturated rings. The lowest BCUT2D eigenvalue weighted by Crippen LogP contribution is -2.31. The van der Waals surface area contributed by atoms with Crippen LogP contribution in [-0.4, -0.2) is 53.7 Å². The van der Waals surface area contributed by atoms with Crippen LogP contribution in [0.1, 0.15) is 17.5 Å². The molecule has 0 bridgehead atoms. The van der Waals surface area contributed by atoms with E-state index < -0.39 is 10.0 Å². The van der Waals surface area contributed by atoms with Crippen LogP contribution in [0.15, 0.2) is 18.2 Å². The highest BCUT2D eigenvalue weighted by Crippen LogP contribution is 2.19. The lowest BCUT2D eigenvalue weighted by molar-refractivity contribution is 0.0519. The van der Waals surface area contributed by atoms with Crippen LogP contribution in [0.25, 0.3) is 0 Å². The van der Waals surface area contributed by atoms with E-state index in [0.717, 1.165) is 23.3 Å². The van der Waals surface area contributed by atoms with Gasteiger partial charge in [0.05, 0.1) is 32.2 Å². The van der Waals surface area contributed by atoms with Crippen molar-refractivity contribution < 1.29 is 22.6 Å². The smallest absolute Gasteiger partial charge is 0.213 e. The summed E-state index contributed by atoms with van der Waals surface area (Å²) in [7, 11) is -1.69. The summed E-state index contributed by atoms with van der Waals surface area (Å²) >= 11 is 0. The van der Waals surface area contributed by atoms with Crippen LogP contribution in [0.2, 0.25) is 0 Å². The lowest BCUT2D eigenvalue weighted by atomic mass is 10.1. The van der Waals surface area contributed by atoms with Gasteiger partial charge in [-0.2, -0.15) is 0 Å². The summed E-state index contributed by atoms with van der Waals surface area (Å²) in [5.41, 5.74) is 2.10. The Bertz CT molecular complexity index is 596. The van der Waals surface area contributed by atoms with Gasteiger partial charge in [-0.05, 0) is 37.0 Å². The molecule has 0 spiro atoms. The molecule has 7 heteroatoms. The van der Waals surface area contributed by atoms with Gasteiger partial charge in [-0.1, -0.05) is 12.1 Å². The molecule has 1 saturated heterocycles. The summed E-state index contributed by atoms with van der Waals surface area (Å²) in [6.45, 7) is 3.78. The van der Waals surface area contributed by atoms with E-state index in [1.807, 2.05) is 25.1 Å². The minimum atomic E-state index is -3.31. The maximum atomic E-state index is 11.9. The summed E-state index contributed by atoms with van der Waals surface area (Å²) in [5, 5.41) is 0. The molecule has 1 aliphatic rings. The number of hydrogen-bond acceptors (Lipinski definition) is 5. The predicted octanol–water partition coefficient (Wildman–Crippen LogP) is 1.27. The van der Waals surface area contributed by atoms with Crippen molar-refractivity contribution in [2.24, 2.45) is 0 Å². The van der Waals surface area contributed by atoms with Crippen molar-refractivity contribution >= 4 is 10.0 Å². The number of rotatable bonds is 9. The summed E-state index contributed by atoms with van der Waals surface area (Å²) in [6.07, 6.45) is 1.49. The minimum Gasteiger partial charge on any atom is -0.496 e. The average Bonchev–Trinajstić information content (AvgIpc) is 3.02. The fourth-order valence-electron chi connectivity index (χ4n) is 2.41. The topological polar surface area (TPSA) is 73.9 Å². The van der Waals surface area contributed by atoms with Gasteiger partial charge in [0.1, 0.15) is 5.75 Å². The zero-order chi connectivity index (χ0) is 16.7. The third-order valence-corrected chi connectivity index (χ3v) is 5.15. The Morgan fingerprint density at radius 1 is 1.39 bits per heavy atom. The Balaban J connectivity index is 1.71. The number of nitrogens with one attached hydrogen (secondary N) is 1. The highest BCUT2D eigenvalue weighted by Gasteiger charge is 2.17. The minimum absolute atomic E-state index is 0.0271. The number of ether oxygens (including phenoxy) is 3. The van der Waals surface area contributed by atoms with E-state index in [4.69, 9.17) is 14.2 Å². The fourth-order valence-corrected chi connectivity index (χ4v) is 3.28. The average molecular weight is 343 g/mol. The van der Waals surface area contributed by atoms with Crippen molar-refractivity contribution in [1.29, 1.82) is 0 Å². The molecule has 1 aromatic rings. The second-order valence-corrected chi connectivity index (χ2v) is 7.55. The highest BCUT2D eigenvalue weighted by molar-refractivity contribution is 7.89. The first-order chi connectivity index (χ1) is 11.0. The van der Waals surface area contributed by atoms with Crippen molar-refractivity contribution in [1.82, 2.24) is 4.72 Å². The predicted molar refractivity (Wildman–Crippen MR) is 88.4 cm³/mol. The SMILES string of the molecule is COc1cc(CCNS(=O)(=O)CCO[C@H]2CCOC2)ccc1C. The maximum absolute atomic E-state index is 11.9. The van der Waals surface area contributed by atoms with Crippen LogP contribution in [0.3, 0.4) is 0 Å². The molecule has 0 radical (unpaired) electrons. The number of aryl methyl sites for hydroxylation is 1. The molecular weight excluding hydrogens is 318 g/mol. The van der Waals surface area contributed by atoms with Crippen molar-refractivity contribution in [3.63, 3.8) is 0 Å². The Hall–Kier alpha value is -1.15. The molecule has 23 heavy (non-hydrogen) atoms. The van der Waals surface area contributed by atoms with Crippen LogP contribution < -0.4 is 9.46 Å². The van der Waals surface area contributed by atoms with Crippen LogP contribution in [0.4, 0.5) is 0 Å². The normalized spacial score (nSPS) is 18.3. The molecule has 1 atom stereocenters. The van der Waals surface area contributed by atoms with Gasteiger partial charge in [-0.25, -0.2) is 13.1 Å². The molecule has 1 N–H and O–H groups in total. The first kappa shape index (κ1) is 18.2. The Morgan fingerprint density at radius 2 is 2.22 bits per heavy atom. The van der Waals surface area contributed by atoms with E-state index >= 15 is 0 Å². The Kier molecular flexibility index (Phi) is 6.83. The van der Waals surface area contributed by atoms with Crippen molar-refractivity contribution in [3.8, 4) is 5.75 Å². The summed E-state index contributed by atoms with van der Waals surface area (Å²) in [5.74, 6) is 0.790. The van der Waals surface area contributed by atoms with E-state index in [9.17, 15) is 8.42 Å². The van der Waals surface area contributed by atoms with Crippen LogP contribution in [0, 0.1) is 6.92 Å². The standard InChI is InChI=1S/C16H25NO5S/c1-13-3-4-14(11-16(13)20-2)5-7-17-23(18,19)10-9-22-15-6-8-21-12-15/h3-4,11,15,17H,5-10,12H2,1-2H3/t15-/m0/s1. The molecule has 0 aromatic heterocycles. The van der Waals surface area contributed by atoms with Gasteiger partial charge in [-0.3, -0.25) is 0 Å². The van der Waals surface area contributed by atoms with Gasteiger partial charge in [0.25, 0.3) is 0 Å². The molecular formula is C16H25NO5S. The summed E-state index contributed by atoms with van der Waals surface area (Å²) < 4.78 is 42.4. The monoisotopic (exact) mass is 343 g/mol. The van der Waals surface area contributed by atoms with Gasteiger partial charge in [0.15, 0.2) is 0 Å². The second kappa shape index (κ2) is 8.63. The molecule has 130 valence electrons. The van der Waals surface area contributed by atoms with Gasteiger partial charge in [-0.15, -0.1) is 0 Å². The van der Waals surface area contributed by atoms with Crippen LogP contribution in [-0.2, 0) is 25.9 Å². The van der Waals surface area contributed by atoms with E-state index in [1.54, 1.807) is 7.11 Å². The van der Waals surface area contributed by atoms with E-state index in [1.165, 1.54) is 0 Å². The molecule has 6 nitrogen and oxygen atoms in total. The zero-order valence-corrected chi connectivity index (χ0v) is 14.5. The van der Waals surface area contributed by atoms with Crippen molar-refractivity contribution in [2.45, 2.75) is 25.9 Å². The van der Waals surface area contributed by atoms with E-state index in [2.05, 4.69) is 4.72 Å². The Labute approximate surface area is 138 Å². The number of methoxy groups -OCH3 is 1. The third kappa shape index (κ3) is 6.10. The summed E-state index contributed by atoms with van der Waals surface area (Å²) in [6, 6.07) is 5.89. The molecule has 2 rings (SSSR count). The molecule has 0 unspecified atom stereocenters. The van der Waals surface area contributed by atoms with Crippen LogP contribution >= 0.6 is 0 Å². The first-order valence-electron chi connectivity index (χ1n) is 7.80. The molecule has 0 saturated carbocycles. The van der Waals surface area contributed by atoms with Gasteiger partial charge in [0, 0.05) is 13.2 Å². The molecule has 1 heterocycles. The van der Waals surface area contributed by atoms with Crippen LogP contribution in [0.5, 0.6) is 5.75 Å². The first-order valence-corrected chi connectivity index (χ1v) is 9.45. The van der Waals surface area contributed by atoms with Gasteiger partial charge in [0.2, 0.25) is 10.0 Å². The molecule has 1 aromatic carbocycles. The number of sulfonamides is 1. The number of hydrogen-bond donors (Lipinski definition) is 1. The second-order valence-electron chi connectivity index (χ2n) is 5.62. The third-order valence-electron chi connectivity index (χ3n) is 3.80. The molecule has 0 amide bonds. The van der Waals surface area contributed by atoms with E-state index in [-0.39, 0.29) is 18.5 Å². The number of benzene rings is 1. The van der Waals surface area contributed by atoms with Gasteiger partial charge >= 0.3 is 0 Å². The quantitative estimate of drug-likeness (QED) is 0.731. The van der Waals surface area contributed by atoms with E-state index in [0.29, 0.717) is 26.2 Å². The maximum Gasteiger partial charge on any atom is 0.213 e. The Morgan fingerprint density at radius 3 is 2.91 bits per heavy atom. The summed E-state index contributed by atoms with van der Waals surface area (Å²) in [4.78, 5) is 0. The lowest BCUT2D eigenvalue weighted by Gasteiger charge is -2.11. The van der Waals surface area contributed by atoms with Crippen molar-refractivity contribution in [3.05, 3.63) is 29.3 Å². The molecule has 0 aliphatic carbocycles. The van der Waals surface area contributed by atoms with Gasteiger partial charge < -0.3 is 14.2 Å².